The zero-order valence-corrected chi connectivity index (χ0v) is 17.0. The number of benzene rings is 2. The van der Waals surface area contributed by atoms with Crippen molar-refractivity contribution < 1.29 is 23.8 Å². The highest BCUT2D eigenvalue weighted by atomic mass is 16.5. The van der Waals surface area contributed by atoms with E-state index >= 15 is 0 Å². The maximum absolute atomic E-state index is 12.3. The highest BCUT2D eigenvalue weighted by molar-refractivity contribution is 5.82. The van der Waals surface area contributed by atoms with Gasteiger partial charge in [0.25, 0.3) is 0 Å². The molecule has 3 aromatic rings. The fourth-order valence-corrected chi connectivity index (χ4v) is 3.78. The van der Waals surface area contributed by atoms with Crippen LogP contribution in [0.15, 0.2) is 52.9 Å². The summed E-state index contributed by atoms with van der Waals surface area (Å²) in [5, 5.41) is 13.3. The summed E-state index contributed by atoms with van der Waals surface area (Å²) in [5.74, 6) is 1.33. The van der Waals surface area contributed by atoms with Crippen LogP contribution in [-0.2, 0) is 10.2 Å². The quantitative estimate of drug-likeness (QED) is 0.642. The number of nitrogens with zero attached hydrogens (tertiary/aromatic N) is 1. The number of oxazole rings is 1. The largest absolute Gasteiger partial charge is 0.497 e. The zero-order chi connectivity index (χ0) is 21.1. The molecule has 0 amide bonds. The summed E-state index contributed by atoms with van der Waals surface area (Å²) in [5.41, 5.74) is 1.09. The van der Waals surface area contributed by atoms with Crippen molar-refractivity contribution in [2.75, 3.05) is 27.3 Å². The lowest BCUT2D eigenvalue weighted by Gasteiger charge is -2.30. The number of aliphatic carboxylic acids is 1. The number of ether oxygens (including phenoxy) is 2. The molecule has 1 aromatic heterocycles. The lowest BCUT2D eigenvalue weighted by Crippen LogP contribution is -2.45. The summed E-state index contributed by atoms with van der Waals surface area (Å²) in [6.45, 7) is 1.20. The van der Waals surface area contributed by atoms with Crippen LogP contribution >= 0.6 is 0 Å². The number of nitrogens with one attached hydrogen (secondary N) is 1. The van der Waals surface area contributed by atoms with Gasteiger partial charge >= 0.3 is 5.97 Å². The van der Waals surface area contributed by atoms with Crippen molar-refractivity contribution in [1.29, 1.82) is 0 Å². The van der Waals surface area contributed by atoms with Crippen LogP contribution in [0.2, 0.25) is 0 Å². The first-order valence-corrected chi connectivity index (χ1v) is 9.81. The van der Waals surface area contributed by atoms with Crippen molar-refractivity contribution in [3.63, 3.8) is 0 Å². The lowest BCUT2D eigenvalue weighted by atomic mass is 9.79. The monoisotopic (exact) mass is 408 g/mol. The van der Waals surface area contributed by atoms with E-state index in [1.807, 2.05) is 48.5 Å². The number of hydrogen-bond donors (Lipinski definition) is 2. The van der Waals surface area contributed by atoms with Gasteiger partial charge in [0.1, 0.15) is 22.6 Å². The second-order valence-corrected chi connectivity index (χ2v) is 7.29. The van der Waals surface area contributed by atoms with E-state index in [-0.39, 0.29) is 5.89 Å². The Morgan fingerprint density at radius 3 is 2.00 bits per heavy atom. The van der Waals surface area contributed by atoms with E-state index in [0.717, 1.165) is 22.6 Å². The zero-order valence-electron chi connectivity index (χ0n) is 17.0. The molecule has 7 heteroatoms. The number of carboxylic acids is 1. The minimum absolute atomic E-state index is 0.244. The van der Waals surface area contributed by atoms with E-state index < -0.39 is 11.4 Å². The summed E-state index contributed by atoms with van der Waals surface area (Å²) in [4.78, 5) is 17.0. The van der Waals surface area contributed by atoms with E-state index in [1.165, 1.54) is 0 Å². The Hall–Kier alpha value is -3.32. The topological polar surface area (TPSA) is 93.8 Å². The minimum atomic E-state index is -1.14. The molecular formula is C23H24N2O5. The molecule has 4 rings (SSSR count). The maximum atomic E-state index is 12.3. The Labute approximate surface area is 174 Å². The predicted octanol–water partition coefficient (Wildman–Crippen LogP) is 3.73. The molecule has 30 heavy (non-hydrogen) atoms. The van der Waals surface area contributed by atoms with Gasteiger partial charge in [-0.25, -0.2) is 4.98 Å². The summed E-state index contributed by atoms with van der Waals surface area (Å²) >= 11 is 0. The van der Waals surface area contributed by atoms with Crippen molar-refractivity contribution in [3.05, 3.63) is 54.4 Å². The van der Waals surface area contributed by atoms with Gasteiger partial charge in [0.15, 0.2) is 5.76 Å². The first-order valence-electron chi connectivity index (χ1n) is 9.81. The second-order valence-electron chi connectivity index (χ2n) is 7.29. The molecule has 0 saturated carbocycles. The average Bonchev–Trinajstić information content (AvgIpc) is 3.25. The third-order valence-electron chi connectivity index (χ3n) is 5.62. The second kappa shape index (κ2) is 8.20. The molecule has 0 aliphatic carbocycles. The van der Waals surface area contributed by atoms with Crippen LogP contribution in [-0.4, -0.2) is 43.4 Å². The van der Waals surface area contributed by atoms with Gasteiger partial charge in [-0.1, -0.05) is 0 Å². The standard InChI is InChI=1S/C23H24N2O5/c1-28-17-7-3-15(4-8-17)19-20(16-5-9-18(29-2)10-6-16)30-21(25-19)23(22(26)27)11-13-24-14-12-23/h3-10,24H,11-14H2,1-2H3,(H,26,27). The van der Waals surface area contributed by atoms with Crippen molar-refractivity contribution in [1.82, 2.24) is 10.3 Å². The van der Waals surface area contributed by atoms with E-state index in [0.29, 0.717) is 37.4 Å². The van der Waals surface area contributed by atoms with E-state index in [9.17, 15) is 9.90 Å². The van der Waals surface area contributed by atoms with Crippen molar-refractivity contribution in [3.8, 4) is 34.1 Å². The Morgan fingerprint density at radius 1 is 0.967 bits per heavy atom. The van der Waals surface area contributed by atoms with Gasteiger partial charge in [0, 0.05) is 11.1 Å². The number of methoxy groups -OCH3 is 2. The molecule has 1 saturated heterocycles. The molecule has 0 unspecified atom stereocenters. The van der Waals surface area contributed by atoms with E-state index in [2.05, 4.69) is 5.32 Å². The summed E-state index contributed by atoms with van der Waals surface area (Å²) in [6.07, 6.45) is 0.847. The van der Waals surface area contributed by atoms with Crippen molar-refractivity contribution in [2.24, 2.45) is 0 Å². The van der Waals surface area contributed by atoms with E-state index in [4.69, 9.17) is 18.9 Å². The van der Waals surface area contributed by atoms with Gasteiger partial charge < -0.3 is 24.3 Å². The van der Waals surface area contributed by atoms with Crippen LogP contribution in [0.1, 0.15) is 18.7 Å². The third kappa shape index (κ3) is 3.52. The summed E-state index contributed by atoms with van der Waals surface area (Å²) in [7, 11) is 3.22. The molecule has 2 N–H and O–H groups in total. The van der Waals surface area contributed by atoms with Crippen LogP contribution in [0.3, 0.4) is 0 Å². The Bertz CT molecular complexity index is 954. The molecule has 0 spiro atoms. The van der Waals surface area contributed by atoms with Crippen LogP contribution in [0, 0.1) is 0 Å². The molecule has 0 radical (unpaired) electrons. The number of rotatable bonds is 6. The first-order chi connectivity index (χ1) is 14.6. The van der Waals surface area contributed by atoms with Crippen LogP contribution < -0.4 is 14.8 Å². The number of piperidine rings is 1. The van der Waals surface area contributed by atoms with E-state index in [1.54, 1.807) is 14.2 Å². The van der Waals surface area contributed by atoms with Crippen LogP contribution in [0.5, 0.6) is 11.5 Å². The van der Waals surface area contributed by atoms with Crippen LogP contribution in [0.4, 0.5) is 0 Å². The van der Waals surface area contributed by atoms with Crippen molar-refractivity contribution in [2.45, 2.75) is 18.3 Å². The predicted molar refractivity (Wildman–Crippen MR) is 112 cm³/mol. The molecule has 1 fully saturated rings. The van der Waals surface area contributed by atoms with Gasteiger partial charge in [0.2, 0.25) is 5.89 Å². The Morgan fingerprint density at radius 2 is 1.50 bits per heavy atom. The summed E-state index contributed by atoms with van der Waals surface area (Å²) in [6, 6.07) is 14.9. The molecular weight excluding hydrogens is 384 g/mol. The normalized spacial score (nSPS) is 15.5. The molecule has 2 heterocycles. The molecule has 0 bridgehead atoms. The van der Waals surface area contributed by atoms with Crippen molar-refractivity contribution >= 4 is 5.97 Å². The first kappa shape index (κ1) is 20.0. The van der Waals surface area contributed by atoms with Gasteiger partial charge in [-0.2, -0.15) is 0 Å². The SMILES string of the molecule is COc1ccc(-c2nc(C3(C(=O)O)CCNCC3)oc2-c2ccc(OC)cc2)cc1. The molecule has 1 aliphatic rings. The lowest BCUT2D eigenvalue weighted by molar-refractivity contribution is -0.146. The minimum Gasteiger partial charge on any atom is -0.497 e. The number of carbonyl (C=O) groups is 1. The molecule has 1 aliphatic heterocycles. The Balaban J connectivity index is 1.86. The molecule has 2 aromatic carbocycles. The molecule has 0 atom stereocenters. The smallest absolute Gasteiger partial charge is 0.319 e. The Kier molecular flexibility index (Phi) is 5.46. The van der Waals surface area contributed by atoms with Gasteiger partial charge in [-0.15, -0.1) is 0 Å². The third-order valence-corrected chi connectivity index (χ3v) is 5.62. The maximum Gasteiger partial charge on any atom is 0.319 e. The summed E-state index contributed by atoms with van der Waals surface area (Å²) < 4.78 is 16.7. The van der Waals surface area contributed by atoms with Crippen LogP contribution in [0.25, 0.3) is 22.6 Å². The van der Waals surface area contributed by atoms with Gasteiger partial charge in [-0.3, -0.25) is 4.79 Å². The number of hydrogen-bond acceptors (Lipinski definition) is 6. The molecule has 156 valence electrons. The number of carboxylic acid groups (broad SMARTS) is 1. The highest BCUT2D eigenvalue weighted by Gasteiger charge is 2.46. The fourth-order valence-electron chi connectivity index (χ4n) is 3.78. The number of aromatic nitrogens is 1. The fraction of sp³-hybridized carbons (Fsp3) is 0.304. The molecule has 7 nitrogen and oxygen atoms in total. The van der Waals surface area contributed by atoms with Gasteiger partial charge in [-0.05, 0) is 74.5 Å². The van der Waals surface area contributed by atoms with Gasteiger partial charge in [0.05, 0.1) is 14.2 Å². The highest BCUT2D eigenvalue weighted by Crippen LogP contribution is 2.40. The average molecular weight is 408 g/mol.